The van der Waals surface area contributed by atoms with Crippen molar-refractivity contribution in [1.29, 1.82) is 0 Å². The molecule has 0 saturated heterocycles. The van der Waals surface area contributed by atoms with Crippen LogP contribution in [0.4, 0.5) is 0 Å². The number of hydrogen-bond donors (Lipinski definition) is 1. The van der Waals surface area contributed by atoms with E-state index in [4.69, 9.17) is 0 Å². The van der Waals surface area contributed by atoms with Crippen LogP contribution in [0.3, 0.4) is 0 Å². The van der Waals surface area contributed by atoms with Gasteiger partial charge in [0.2, 0.25) is 0 Å². The molecule has 0 aliphatic heterocycles. The minimum atomic E-state index is -1.89. The Labute approximate surface area is 223 Å². The Bertz CT molecular complexity index is 1160. The minimum absolute atomic E-state index is 0. The second kappa shape index (κ2) is 12.4. The van der Waals surface area contributed by atoms with Crippen molar-refractivity contribution in [2.75, 3.05) is 0 Å². The van der Waals surface area contributed by atoms with Gasteiger partial charge in [0.05, 0.1) is 0 Å². The molecule has 5 rings (SSSR count). The van der Waals surface area contributed by atoms with Crippen LogP contribution >= 0.6 is 0 Å². The van der Waals surface area contributed by atoms with Gasteiger partial charge >= 0.3 is 200 Å². The SMILES string of the molecule is CCC(C)[NH][Ti+2]([c]1cccc2c1Cc1ccccc1-2)[SiH](c1ccccc1)c1ccccc1.[Cl-].[Cl-]. The van der Waals surface area contributed by atoms with Gasteiger partial charge < -0.3 is 24.8 Å². The van der Waals surface area contributed by atoms with Crippen molar-refractivity contribution >= 4 is 20.9 Å². The number of fused-ring (bicyclic) bond motifs is 3. The molecule has 0 bridgehead atoms. The van der Waals surface area contributed by atoms with E-state index in [1.807, 2.05) is 0 Å². The van der Waals surface area contributed by atoms with Crippen LogP contribution in [0.1, 0.15) is 31.4 Å². The average molecular weight is 539 g/mol. The van der Waals surface area contributed by atoms with Crippen molar-refractivity contribution in [2.24, 2.45) is 0 Å². The third kappa shape index (κ3) is 5.44. The van der Waals surface area contributed by atoms with Gasteiger partial charge in [0.1, 0.15) is 0 Å². The third-order valence-electron chi connectivity index (χ3n) is 6.71. The standard InChI is InChI=1S/C13H9.C12H11Si.C4H10N.2ClH.Ti/c1-3-7-12-10(5-1)9-11-6-2-4-8-13(11)12;1-3-7-11(8-4-1)13-12-9-5-2-6-10-12;1-3-4(2)5;;;/h1-5,7-8H,9H2;1-10,13H;4-5H,3H2,1-2H3;2*1H;/q;;-1;;;+3/p-2. The summed E-state index contributed by atoms with van der Waals surface area (Å²) < 4.78 is 5.92. The molecule has 0 heterocycles. The van der Waals surface area contributed by atoms with Crippen molar-refractivity contribution in [3.63, 3.8) is 0 Å². The van der Waals surface area contributed by atoms with E-state index >= 15 is 0 Å². The number of hydrogen-bond acceptors (Lipinski definition) is 1. The summed E-state index contributed by atoms with van der Waals surface area (Å²) in [6.45, 7) is 3.23. The maximum absolute atomic E-state index is 4.26. The Kier molecular flexibility index (Phi) is 9.79. The van der Waals surface area contributed by atoms with Gasteiger partial charge in [-0.15, -0.1) is 0 Å². The zero-order chi connectivity index (χ0) is 21.9. The second-order valence-corrected chi connectivity index (χ2v) is 18.7. The molecule has 4 aromatic rings. The van der Waals surface area contributed by atoms with E-state index < -0.39 is 24.0 Å². The molecule has 1 aliphatic rings. The first-order valence-corrected chi connectivity index (χ1v) is 17.7. The van der Waals surface area contributed by atoms with Gasteiger partial charge in [-0.2, -0.15) is 0 Å². The van der Waals surface area contributed by atoms with Crippen LogP contribution < -0.4 is 42.9 Å². The molecule has 1 unspecified atom stereocenters. The largest absolute Gasteiger partial charge is 1.00 e. The van der Waals surface area contributed by atoms with Gasteiger partial charge in [0.25, 0.3) is 0 Å². The van der Waals surface area contributed by atoms with E-state index in [2.05, 4.69) is 121 Å². The van der Waals surface area contributed by atoms with E-state index in [9.17, 15) is 0 Å². The van der Waals surface area contributed by atoms with Crippen LogP contribution in [0.5, 0.6) is 0 Å². The van der Waals surface area contributed by atoms with E-state index in [-0.39, 0.29) is 24.8 Å². The fourth-order valence-electron chi connectivity index (χ4n) is 4.91. The number of halogens is 2. The number of nitrogens with one attached hydrogen (secondary N) is 1. The van der Waals surface area contributed by atoms with Gasteiger partial charge in [-0.05, 0) is 0 Å². The van der Waals surface area contributed by atoms with Crippen molar-refractivity contribution in [3.05, 3.63) is 114 Å². The topological polar surface area (TPSA) is 12.0 Å². The molecule has 0 spiro atoms. The smallest absolute Gasteiger partial charge is 1.00 e. The molecule has 0 radical (unpaired) electrons. The first kappa shape index (κ1) is 26.9. The van der Waals surface area contributed by atoms with Gasteiger partial charge in [-0.1, -0.05) is 0 Å². The molecule has 0 fully saturated rings. The summed E-state index contributed by atoms with van der Waals surface area (Å²) in [5.41, 5.74) is 5.96. The predicted molar refractivity (Wildman–Crippen MR) is 137 cm³/mol. The predicted octanol–water partition coefficient (Wildman–Crippen LogP) is -1.65. The van der Waals surface area contributed by atoms with E-state index in [0.717, 1.165) is 12.8 Å². The van der Waals surface area contributed by atoms with E-state index in [0.29, 0.717) is 6.04 Å². The Morgan fingerprint density at radius 3 is 1.91 bits per heavy atom. The Morgan fingerprint density at radius 2 is 1.29 bits per heavy atom. The van der Waals surface area contributed by atoms with Crippen molar-refractivity contribution in [1.82, 2.24) is 3.80 Å². The molecule has 0 aromatic heterocycles. The summed E-state index contributed by atoms with van der Waals surface area (Å²) in [7, 11) is 0. The molecule has 173 valence electrons. The molecule has 34 heavy (non-hydrogen) atoms. The average Bonchev–Trinajstić information content (AvgIpc) is 3.24. The van der Waals surface area contributed by atoms with Crippen molar-refractivity contribution in [3.8, 4) is 11.1 Å². The van der Waals surface area contributed by atoms with E-state index in [1.165, 1.54) is 16.7 Å². The van der Waals surface area contributed by atoms with Gasteiger partial charge in [-0.25, -0.2) is 0 Å². The Hall–Kier alpha value is -1.65. The van der Waals surface area contributed by atoms with Crippen molar-refractivity contribution in [2.45, 2.75) is 32.7 Å². The summed E-state index contributed by atoms with van der Waals surface area (Å²) in [5.74, 6) is 0. The fraction of sp³-hybridized carbons (Fsp3) is 0.172. The molecule has 0 amide bonds. The van der Waals surface area contributed by atoms with Crippen LogP contribution in [0.15, 0.2) is 103 Å². The van der Waals surface area contributed by atoms with Gasteiger partial charge in [-0.3, -0.25) is 0 Å². The summed E-state index contributed by atoms with van der Waals surface area (Å²) >= 11 is -1.89. The molecule has 4 aromatic carbocycles. The zero-order valence-electron chi connectivity index (χ0n) is 19.6. The molecular weight excluding hydrogens is 509 g/mol. The minimum Gasteiger partial charge on any atom is -1.00 e. The van der Waals surface area contributed by atoms with Crippen LogP contribution in [-0.2, 0) is 23.8 Å². The van der Waals surface area contributed by atoms with Crippen LogP contribution in [0.25, 0.3) is 11.1 Å². The molecule has 1 atom stereocenters. The number of rotatable bonds is 7. The molecule has 1 N–H and O–H groups in total. The third-order valence-corrected chi connectivity index (χ3v) is 20.1. The summed E-state index contributed by atoms with van der Waals surface area (Å²) in [6, 6.07) is 39.3. The molecule has 1 aliphatic carbocycles. The van der Waals surface area contributed by atoms with Crippen LogP contribution in [0, 0.1) is 0 Å². The maximum Gasteiger partial charge on any atom is -1.00 e. The Balaban J connectivity index is 0.00000162. The first-order valence-electron chi connectivity index (χ1n) is 11.7. The van der Waals surface area contributed by atoms with Crippen LogP contribution in [-0.4, -0.2) is 12.7 Å². The summed E-state index contributed by atoms with van der Waals surface area (Å²) in [5, 5.41) is 3.13. The molecule has 5 heteroatoms. The summed E-state index contributed by atoms with van der Waals surface area (Å²) in [6.07, 6.45) is 2.24. The van der Waals surface area contributed by atoms with E-state index in [1.54, 1.807) is 19.8 Å². The zero-order valence-corrected chi connectivity index (χ0v) is 23.9. The Morgan fingerprint density at radius 1 is 0.735 bits per heavy atom. The van der Waals surface area contributed by atoms with Crippen LogP contribution in [0.2, 0.25) is 0 Å². The molecule has 1 nitrogen and oxygen atoms in total. The number of benzene rings is 4. The quantitative estimate of drug-likeness (QED) is 0.245. The van der Waals surface area contributed by atoms with Crippen molar-refractivity contribution < 1.29 is 42.2 Å². The maximum atomic E-state index is 4.26. The second-order valence-electron chi connectivity index (χ2n) is 8.79. The molecular formula is C29H30Cl2NSiTi. The van der Waals surface area contributed by atoms with Gasteiger partial charge in [0.15, 0.2) is 0 Å². The fourth-order valence-corrected chi connectivity index (χ4v) is 19.8. The normalized spacial score (nSPS) is 12.2. The summed E-state index contributed by atoms with van der Waals surface area (Å²) in [4.78, 5) is 0. The first-order chi connectivity index (χ1) is 15.8. The van der Waals surface area contributed by atoms with Gasteiger partial charge in [0, 0.05) is 0 Å². The molecule has 0 saturated carbocycles. The monoisotopic (exact) mass is 538 g/mol.